The molecule has 3 heteroatoms. The first-order valence-corrected chi connectivity index (χ1v) is 4.23. The molecule has 0 aliphatic carbocycles. The third kappa shape index (κ3) is 7.10. The summed E-state index contributed by atoms with van der Waals surface area (Å²) in [7, 11) is 0. The van der Waals surface area contributed by atoms with Gasteiger partial charge in [0.25, 0.3) is 0 Å². The lowest BCUT2D eigenvalue weighted by Crippen LogP contribution is -2.23. The second kappa shape index (κ2) is 8.09. The van der Waals surface area contributed by atoms with E-state index in [1.165, 1.54) is 0 Å². The molecule has 0 unspecified atom stereocenters. The van der Waals surface area contributed by atoms with Gasteiger partial charge in [-0.2, -0.15) is 0 Å². The van der Waals surface area contributed by atoms with Crippen molar-refractivity contribution in [2.45, 2.75) is 26.2 Å². The Balaban J connectivity index is 3.31. The molecule has 12 heavy (non-hydrogen) atoms. The van der Waals surface area contributed by atoms with Crippen molar-refractivity contribution in [3.63, 3.8) is 0 Å². The molecule has 0 aliphatic heterocycles. The van der Waals surface area contributed by atoms with E-state index in [-0.39, 0.29) is 5.91 Å². The van der Waals surface area contributed by atoms with Gasteiger partial charge in [0.2, 0.25) is 5.91 Å². The molecule has 3 nitrogen and oxygen atoms in total. The SMILES string of the molecule is CCC#CCNC(=O)CCCN. The molecule has 0 bridgehead atoms. The molecule has 0 heterocycles. The summed E-state index contributed by atoms with van der Waals surface area (Å²) in [6, 6.07) is 0. The Morgan fingerprint density at radius 2 is 2.25 bits per heavy atom. The molecule has 3 N–H and O–H groups in total. The van der Waals surface area contributed by atoms with Crippen LogP contribution in [0.4, 0.5) is 0 Å². The predicted molar refractivity (Wildman–Crippen MR) is 49.4 cm³/mol. The monoisotopic (exact) mass is 168 g/mol. The molecule has 0 fully saturated rings. The molecular weight excluding hydrogens is 152 g/mol. The van der Waals surface area contributed by atoms with E-state index in [9.17, 15) is 4.79 Å². The Kier molecular flexibility index (Phi) is 7.41. The van der Waals surface area contributed by atoms with Gasteiger partial charge in [-0.25, -0.2) is 0 Å². The lowest BCUT2D eigenvalue weighted by Gasteiger charge is -1.98. The smallest absolute Gasteiger partial charge is 0.220 e. The summed E-state index contributed by atoms with van der Waals surface area (Å²) in [5, 5.41) is 2.68. The maximum Gasteiger partial charge on any atom is 0.220 e. The van der Waals surface area contributed by atoms with Gasteiger partial charge in [0.1, 0.15) is 0 Å². The fourth-order valence-electron chi connectivity index (χ4n) is 0.681. The Bertz CT molecular complexity index is 179. The first-order valence-electron chi connectivity index (χ1n) is 4.23. The van der Waals surface area contributed by atoms with Crippen LogP contribution in [-0.4, -0.2) is 19.0 Å². The third-order valence-electron chi connectivity index (χ3n) is 1.28. The number of nitrogens with two attached hydrogens (primary N) is 1. The van der Waals surface area contributed by atoms with Crippen LogP contribution in [0.15, 0.2) is 0 Å². The molecule has 0 aliphatic rings. The molecule has 0 saturated carbocycles. The van der Waals surface area contributed by atoms with E-state index in [2.05, 4.69) is 17.2 Å². The van der Waals surface area contributed by atoms with Crippen molar-refractivity contribution in [3.05, 3.63) is 0 Å². The van der Waals surface area contributed by atoms with Gasteiger partial charge in [-0.3, -0.25) is 4.79 Å². The third-order valence-corrected chi connectivity index (χ3v) is 1.28. The van der Waals surface area contributed by atoms with Gasteiger partial charge in [-0.05, 0) is 13.0 Å². The van der Waals surface area contributed by atoms with Crippen LogP contribution in [0.5, 0.6) is 0 Å². The van der Waals surface area contributed by atoms with Crippen LogP contribution in [0, 0.1) is 11.8 Å². The van der Waals surface area contributed by atoms with Gasteiger partial charge in [0.15, 0.2) is 0 Å². The number of carbonyl (C=O) groups excluding carboxylic acids is 1. The number of hydrogen-bond acceptors (Lipinski definition) is 2. The molecule has 0 aromatic heterocycles. The summed E-state index contributed by atoms with van der Waals surface area (Å²) >= 11 is 0. The fraction of sp³-hybridized carbons (Fsp3) is 0.667. The first-order chi connectivity index (χ1) is 5.81. The van der Waals surface area contributed by atoms with Crippen LogP contribution in [0.1, 0.15) is 26.2 Å². The van der Waals surface area contributed by atoms with Crippen molar-refractivity contribution in [1.82, 2.24) is 5.32 Å². The highest BCUT2D eigenvalue weighted by atomic mass is 16.1. The minimum atomic E-state index is 0.0332. The summed E-state index contributed by atoms with van der Waals surface area (Å²) in [4.78, 5) is 10.9. The van der Waals surface area contributed by atoms with Crippen LogP contribution in [0.3, 0.4) is 0 Å². The number of hydrogen-bond donors (Lipinski definition) is 2. The van der Waals surface area contributed by atoms with Crippen LogP contribution < -0.4 is 11.1 Å². The Labute approximate surface area is 73.7 Å². The average molecular weight is 168 g/mol. The second-order valence-corrected chi connectivity index (χ2v) is 2.38. The Morgan fingerprint density at radius 1 is 1.50 bits per heavy atom. The van der Waals surface area contributed by atoms with E-state index in [0.717, 1.165) is 12.8 Å². The molecule has 0 aromatic rings. The zero-order chi connectivity index (χ0) is 9.23. The number of rotatable bonds is 4. The van der Waals surface area contributed by atoms with Crippen LogP contribution in [0.2, 0.25) is 0 Å². The highest BCUT2D eigenvalue weighted by Gasteiger charge is 1.96. The standard InChI is InChI=1S/C9H16N2O/c1-2-3-4-8-11-9(12)6-5-7-10/h2,5-8,10H2,1H3,(H,11,12). The second-order valence-electron chi connectivity index (χ2n) is 2.38. The Hall–Kier alpha value is -1.01. The molecule has 68 valence electrons. The van der Waals surface area contributed by atoms with E-state index in [1.807, 2.05) is 6.92 Å². The van der Waals surface area contributed by atoms with Gasteiger partial charge in [0.05, 0.1) is 6.54 Å². The van der Waals surface area contributed by atoms with Crippen molar-refractivity contribution in [2.24, 2.45) is 5.73 Å². The van der Waals surface area contributed by atoms with Gasteiger partial charge in [0, 0.05) is 12.8 Å². The van der Waals surface area contributed by atoms with Crippen molar-refractivity contribution in [1.29, 1.82) is 0 Å². The van der Waals surface area contributed by atoms with Crippen LogP contribution in [-0.2, 0) is 4.79 Å². The van der Waals surface area contributed by atoms with Crippen LogP contribution >= 0.6 is 0 Å². The first kappa shape index (κ1) is 11.0. The molecule has 0 saturated heterocycles. The average Bonchev–Trinajstić information content (AvgIpc) is 2.09. The number of carbonyl (C=O) groups is 1. The van der Waals surface area contributed by atoms with Crippen molar-refractivity contribution < 1.29 is 4.79 Å². The van der Waals surface area contributed by atoms with E-state index < -0.39 is 0 Å². The zero-order valence-corrected chi connectivity index (χ0v) is 7.52. The van der Waals surface area contributed by atoms with Gasteiger partial charge < -0.3 is 11.1 Å². The quantitative estimate of drug-likeness (QED) is 0.591. The van der Waals surface area contributed by atoms with Gasteiger partial charge in [-0.1, -0.05) is 12.8 Å². The van der Waals surface area contributed by atoms with Crippen molar-refractivity contribution in [3.8, 4) is 11.8 Å². The van der Waals surface area contributed by atoms with Crippen molar-refractivity contribution >= 4 is 5.91 Å². The number of nitrogens with one attached hydrogen (secondary N) is 1. The van der Waals surface area contributed by atoms with E-state index in [4.69, 9.17) is 5.73 Å². The summed E-state index contributed by atoms with van der Waals surface area (Å²) in [5.74, 6) is 5.73. The lowest BCUT2D eigenvalue weighted by atomic mass is 10.3. The summed E-state index contributed by atoms with van der Waals surface area (Å²) in [6.45, 7) is 2.99. The molecule has 0 aromatic carbocycles. The normalized spacial score (nSPS) is 8.50. The van der Waals surface area contributed by atoms with Gasteiger partial charge >= 0.3 is 0 Å². The summed E-state index contributed by atoms with van der Waals surface area (Å²) < 4.78 is 0. The minimum Gasteiger partial charge on any atom is -0.345 e. The summed E-state index contributed by atoms with van der Waals surface area (Å²) in [5.41, 5.74) is 5.25. The lowest BCUT2D eigenvalue weighted by molar-refractivity contribution is -0.120. The maximum atomic E-state index is 10.9. The summed E-state index contributed by atoms with van der Waals surface area (Å²) in [6.07, 6.45) is 2.08. The molecule has 0 atom stereocenters. The molecular formula is C9H16N2O. The molecule has 0 radical (unpaired) electrons. The predicted octanol–water partition coefficient (Wildman–Crippen LogP) is 0.255. The van der Waals surface area contributed by atoms with Crippen molar-refractivity contribution in [2.75, 3.05) is 13.1 Å². The maximum absolute atomic E-state index is 10.9. The van der Waals surface area contributed by atoms with Gasteiger partial charge in [-0.15, -0.1) is 5.92 Å². The zero-order valence-electron chi connectivity index (χ0n) is 7.52. The van der Waals surface area contributed by atoms with E-state index in [0.29, 0.717) is 19.5 Å². The number of amides is 1. The minimum absolute atomic E-state index is 0.0332. The fourth-order valence-corrected chi connectivity index (χ4v) is 0.681. The highest BCUT2D eigenvalue weighted by Crippen LogP contribution is 1.83. The van der Waals surface area contributed by atoms with E-state index >= 15 is 0 Å². The van der Waals surface area contributed by atoms with E-state index in [1.54, 1.807) is 0 Å². The molecule has 0 rings (SSSR count). The topological polar surface area (TPSA) is 55.1 Å². The highest BCUT2D eigenvalue weighted by molar-refractivity contribution is 5.76. The largest absolute Gasteiger partial charge is 0.345 e. The molecule has 1 amide bonds. The van der Waals surface area contributed by atoms with Crippen LogP contribution in [0.25, 0.3) is 0 Å². The Morgan fingerprint density at radius 3 is 2.83 bits per heavy atom. The molecule has 0 spiro atoms.